The van der Waals surface area contributed by atoms with Crippen molar-refractivity contribution in [2.75, 3.05) is 0 Å². The van der Waals surface area contributed by atoms with Crippen molar-refractivity contribution in [3.05, 3.63) is 69.8 Å². The molecule has 0 aliphatic rings. The number of rotatable bonds is 3. The Balaban J connectivity index is 2.28. The van der Waals surface area contributed by atoms with Crippen molar-refractivity contribution in [3.8, 4) is 0 Å². The van der Waals surface area contributed by atoms with Gasteiger partial charge in [0.25, 0.3) is 0 Å². The normalized spacial score (nSPS) is 12.5. The fourth-order valence-corrected chi connectivity index (χ4v) is 2.44. The Hall–Kier alpha value is -1.74. The first kappa shape index (κ1) is 14.7. The Morgan fingerprint density at radius 2 is 1.55 bits per heavy atom. The maximum Gasteiger partial charge on any atom is 0.164 e. The van der Waals surface area contributed by atoms with Gasteiger partial charge in [-0.2, -0.15) is 0 Å². The van der Waals surface area contributed by atoms with E-state index in [0.29, 0.717) is 0 Å². The molecule has 0 radical (unpaired) electrons. The summed E-state index contributed by atoms with van der Waals surface area (Å²) < 4.78 is 27.4. The number of hydrogen-bond donors (Lipinski definition) is 1. The van der Waals surface area contributed by atoms with E-state index in [1.165, 1.54) is 19.1 Å². The van der Waals surface area contributed by atoms with Gasteiger partial charge < -0.3 is 5.11 Å². The molecule has 0 saturated heterocycles. The highest BCUT2D eigenvalue weighted by atomic mass is 19.2. The van der Waals surface area contributed by atoms with E-state index in [1.54, 1.807) is 0 Å². The first-order chi connectivity index (χ1) is 9.38. The molecular formula is C17H18F2O. The first-order valence-corrected chi connectivity index (χ1v) is 6.58. The van der Waals surface area contributed by atoms with Gasteiger partial charge in [0, 0.05) is 12.0 Å². The van der Waals surface area contributed by atoms with Crippen LogP contribution >= 0.6 is 0 Å². The van der Waals surface area contributed by atoms with E-state index < -0.39 is 17.7 Å². The van der Waals surface area contributed by atoms with Crippen LogP contribution in [0.4, 0.5) is 8.78 Å². The quantitative estimate of drug-likeness (QED) is 0.892. The van der Waals surface area contributed by atoms with Crippen molar-refractivity contribution < 1.29 is 13.9 Å². The molecule has 0 saturated carbocycles. The average molecular weight is 276 g/mol. The molecule has 2 aromatic carbocycles. The zero-order chi connectivity index (χ0) is 14.9. The lowest BCUT2D eigenvalue weighted by molar-refractivity contribution is 0.172. The molecule has 0 aliphatic carbocycles. The monoisotopic (exact) mass is 276 g/mol. The van der Waals surface area contributed by atoms with Gasteiger partial charge in [-0.1, -0.05) is 41.5 Å². The van der Waals surface area contributed by atoms with Gasteiger partial charge in [-0.25, -0.2) is 8.78 Å². The third-order valence-electron chi connectivity index (χ3n) is 3.37. The predicted molar refractivity (Wildman–Crippen MR) is 75.7 cm³/mol. The highest BCUT2D eigenvalue weighted by molar-refractivity contribution is 5.32. The molecule has 0 aromatic heterocycles. The van der Waals surface area contributed by atoms with Crippen LogP contribution in [0.3, 0.4) is 0 Å². The zero-order valence-corrected chi connectivity index (χ0v) is 11.9. The molecule has 1 N–H and O–H groups in total. The average Bonchev–Trinajstić information content (AvgIpc) is 2.34. The van der Waals surface area contributed by atoms with Crippen molar-refractivity contribution in [3.63, 3.8) is 0 Å². The molecule has 2 aromatic rings. The van der Waals surface area contributed by atoms with Crippen LogP contribution in [0.5, 0.6) is 0 Å². The summed E-state index contributed by atoms with van der Waals surface area (Å²) in [7, 11) is 0. The number of aryl methyl sites for hydroxylation is 3. The van der Waals surface area contributed by atoms with E-state index in [4.69, 9.17) is 0 Å². The predicted octanol–water partition coefficient (Wildman–Crippen LogP) is 4.17. The van der Waals surface area contributed by atoms with Gasteiger partial charge in [0.2, 0.25) is 0 Å². The SMILES string of the molecule is Cc1cc(C)cc(CC(O)c2ccc(C)c(F)c2F)c1. The largest absolute Gasteiger partial charge is 0.388 e. The minimum Gasteiger partial charge on any atom is -0.388 e. The van der Waals surface area contributed by atoms with Crippen LogP contribution in [-0.2, 0) is 6.42 Å². The zero-order valence-electron chi connectivity index (χ0n) is 11.9. The van der Waals surface area contributed by atoms with Crippen LogP contribution in [0.2, 0.25) is 0 Å². The van der Waals surface area contributed by atoms with E-state index in [0.717, 1.165) is 16.7 Å². The third-order valence-corrected chi connectivity index (χ3v) is 3.37. The second kappa shape index (κ2) is 5.71. The van der Waals surface area contributed by atoms with Crippen LogP contribution in [0.15, 0.2) is 30.3 Å². The summed E-state index contributed by atoms with van der Waals surface area (Å²) in [5, 5.41) is 10.1. The van der Waals surface area contributed by atoms with Gasteiger partial charge in [-0.05, 0) is 31.9 Å². The van der Waals surface area contributed by atoms with Gasteiger partial charge in [-0.3, -0.25) is 0 Å². The Kier molecular flexibility index (Phi) is 4.19. The maximum atomic E-state index is 13.8. The van der Waals surface area contributed by atoms with Gasteiger partial charge in [0.1, 0.15) is 0 Å². The molecule has 1 unspecified atom stereocenters. The lowest BCUT2D eigenvalue weighted by atomic mass is 9.97. The number of aliphatic hydroxyl groups is 1. The topological polar surface area (TPSA) is 20.2 Å². The summed E-state index contributed by atoms with van der Waals surface area (Å²) in [5.41, 5.74) is 3.33. The molecule has 1 nitrogen and oxygen atoms in total. The Bertz CT molecular complexity index is 615. The van der Waals surface area contributed by atoms with Crippen molar-refractivity contribution in [2.24, 2.45) is 0 Å². The Morgan fingerprint density at radius 1 is 0.950 bits per heavy atom. The van der Waals surface area contributed by atoms with Gasteiger partial charge in [0.05, 0.1) is 6.10 Å². The van der Waals surface area contributed by atoms with Crippen LogP contribution in [0.1, 0.15) is 33.9 Å². The summed E-state index contributed by atoms with van der Waals surface area (Å²) >= 11 is 0. The highest BCUT2D eigenvalue weighted by Gasteiger charge is 2.18. The second-order valence-corrected chi connectivity index (χ2v) is 5.32. The van der Waals surface area contributed by atoms with Crippen molar-refractivity contribution in [1.29, 1.82) is 0 Å². The maximum absolute atomic E-state index is 13.8. The Labute approximate surface area is 117 Å². The molecule has 0 bridgehead atoms. The standard InChI is InChI=1S/C17H18F2O/c1-10-6-11(2)8-13(7-10)9-15(20)14-5-4-12(3)16(18)17(14)19/h4-8,15,20H,9H2,1-3H3. The van der Waals surface area contributed by atoms with Gasteiger partial charge >= 0.3 is 0 Å². The van der Waals surface area contributed by atoms with E-state index in [-0.39, 0.29) is 17.5 Å². The molecule has 106 valence electrons. The fraction of sp³-hybridized carbons (Fsp3) is 0.294. The van der Waals surface area contributed by atoms with Crippen LogP contribution in [0.25, 0.3) is 0 Å². The van der Waals surface area contributed by atoms with E-state index in [1.807, 2.05) is 32.0 Å². The summed E-state index contributed by atoms with van der Waals surface area (Å²) in [4.78, 5) is 0. The molecule has 20 heavy (non-hydrogen) atoms. The summed E-state index contributed by atoms with van der Waals surface area (Å²) in [5.74, 6) is -1.84. The third kappa shape index (κ3) is 3.05. The number of halogens is 2. The van der Waals surface area contributed by atoms with Crippen molar-refractivity contribution >= 4 is 0 Å². The molecule has 0 spiro atoms. The molecule has 0 aliphatic heterocycles. The first-order valence-electron chi connectivity index (χ1n) is 6.58. The minimum absolute atomic E-state index is 0.00672. The van der Waals surface area contributed by atoms with Crippen molar-refractivity contribution in [2.45, 2.75) is 33.3 Å². The van der Waals surface area contributed by atoms with Crippen molar-refractivity contribution in [1.82, 2.24) is 0 Å². The number of hydrogen-bond acceptors (Lipinski definition) is 1. The summed E-state index contributed by atoms with van der Waals surface area (Å²) in [6, 6.07) is 8.85. The molecule has 1 atom stereocenters. The van der Waals surface area contributed by atoms with Gasteiger partial charge in [-0.15, -0.1) is 0 Å². The molecule has 2 rings (SSSR count). The number of aliphatic hydroxyl groups excluding tert-OH is 1. The fourth-order valence-electron chi connectivity index (χ4n) is 2.44. The molecular weight excluding hydrogens is 258 g/mol. The van der Waals surface area contributed by atoms with Gasteiger partial charge in [0.15, 0.2) is 11.6 Å². The summed E-state index contributed by atoms with van der Waals surface area (Å²) in [6.45, 7) is 5.43. The smallest absolute Gasteiger partial charge is 0.164 e. The van der Waals surface area contributed by atoms with Crippen LogP contribution in [0, 0.1) is 32.4 Å². The molecule has 0 heterocycles. The van der Waals surface area contributed by atoms with E-state index in [9.17, 15) is 13.9 Å². The van der Waals surface area contributed by atoms with E-state index in [2.05, 4.69) is 0 Å². The lowest BCUT2D eigenvalue weighted by Gasteiger charge is -2.14. The minimum atomic E-state index is -1.05. The Morgan fingerprint density at radius 3 is 2.15 bits per heavy atom. The van der Waals surface area contributed by atoms with E-state index >= 15 is 0 Å². The number of benzene rings is 2. The summed E-state index contributed by atoms with van der Waals surface area (Å²) in [6.07, 6.45) is -0.784. The van der Waals surface area contributed by atoms with Crippen LogP contribution < -0.4 is 0 Å². The second-order valence-electron chi connectivity index (χ2n) is 5.32. The highest BCUT2D eigenvalue weighted by Crippen LogP contribution is 2.25. The molecule has 0 fully saturated rings. The van der Waals surface area contributed by atoms with Crippen LogP contribution in [-0.4, -0.2) is 5.11 Å². The molecule has 3 heteroatoms. The molecule has 0 amide bonds. The lowest BCUT2D eigenvalue weighted by Crippen LogP contribution is -2.07.